The summed E-state index contributed by atoms with van der Waals surface area (Å²) < 4.78 is 31.2. The summed E-state index contributed by atoms with van der Waals surface area (Å²) in [4.78, 5) is 26.0. The summed E-state index contributed by atoms with van der Waals surface area (Å²) in [6, 6.07) is 11.2. The van der Waals surface area contributed by atoms with Crippen molar-refractivity contribution in [3.63, 3.8) is 0 Å². The normalized spacial score (nSPS) is 16.1. The average Bonchev–Trinajstić information content (AvgIpc) is 2.80. The van der Waals surface area contributed by atoms with Crippen molar-refractivity contribution in [1.82, 2.24) is 0 Å². The summed E-state index contributed by atoms with van der Waals surface area (Å²) in [6.07, 6.45) is 1.41. The first kappa shape index (κ1) is 23.7. The number of hydrogen-bond donors (Lipinski definition) is 1. The number of hydrogen-bond acceptors (Lipinski definition) is 5. The average molecular weight is 444 g/mol. The van der Waals surface area contributed by atoms with Crippen molar-refractivity contribution < 1.29 is 28.2 Å². The van der Waals surface area contributed by atoms with E-state index in [0.717, 1.165) is 6.42 Å². The Labute approximate surface area is 188 Å². The molecule has 1 heterocycles. The molecule has 1 fully saturated rings. The van der Waals surface area contributed by atoms with E-state index in [1.54, 1.807) is 43.3 Å². The Hall–Kier alpha value is -2.93. The molecule has 1 atom stereocenters. The molecular formula is C25H30FNO5. The number of carbonyl (C=O) groups excluding carboxylic acids is 2. The van der Waals surface area contributed by atoms with Crippen LogP contribution in [0.2, 0.25) is 0 Å². The van der Waals surface area contributed by atoms with Crippen molar-refractivity contribution in [2.45, 2.75) is 51.6 Å². The highest BCUT2D eigenvalue weighted by molar-refractivity contribution is 6.01. The Morgan fingerprint density at radius 2 is 1.88 bits per heavy atom. The molecule has 32 heavy (non-hydrogen) atoms. The molecular weight excluding hydrogens is 413 g/mol. The van der Waals surface area contributed by atoms with Crippen molar-refractivity contribution in [1.29, 1.82) is 0 Å². The largest absolute Gasteiger partial charge is 0.490 e. The van der Waals surface area contributed by atoms with E-state index in [2.05, 4.69) is 5.32 Å². The van der Waals surface area contributed by atoms with Crippen LogP contribution in [-0.2, 0) is 19.7 Å². The molecule has 1 N–H and O–H groups in total. The lowest BCUT2D eigenvalue weighted by Crippen LogP contribution is -2.45. The van der Waals surface area contributed by atoms with Crippen LogP contribution in [0.4, 0.5) is 10.1 Å². The van der Waals surface area contributed by atoms with Gasteiger partial charge in [0.25, 0.3) is 0 Å². The predicted molar refractivity (Wildman–Crippen MR) is 120 cm³/mol. The number of halogens is 1. The maximum atomic E-state index is 14.7. The third-order valence-electron chi connectivity index (χ3n) is 5.81. The molecule has 7 heteroatoms. The minimum Gasteiger partial charge on any atom is -0.490 e. The van der Waals surface area contributed by atoms with Crippen LogP contribution < -0.4 is 10.1 Å². The van der Waals surface area contributed by atoms with Crippen molar-refractivity contribution in [2.24, 2.45) is 0 Å². The third-order valence-corrected chi connectivity index (χ3v) is 5.81. The molecule has 1 aliphatic rings. The van der Waals surface area contributed by atoms with Gasteiger partial charge in [0, 0.05) is 24.5 Å². The fourth-order valence-corrected chi connectivity index (χ4v) is 3.82. The smallest absolute Gasteiger partial charge is 0.341 e. The Kier molecular flexibility index (Phi) is 7.85. The van der Waals surface area contributed by atoms with Gasteiger partial charge in [0.15, 0.2) is 0 Å². The van der Waals surface area contributed by atoms with E-state index in [-0.39, 0.29) is 24.2 Å². The highest BCUT2D eigenvalue weighted by atomic mass is 19.1. The summed E-state index contributed by atoms with van der Waals surface area (Å²) >= 11 is 0. The van der Waals surface area contributed by atoms with Crippen LogP contribution >= 0.6 is 0 Å². The van der Waals surface area contributed by atoms with Crippen molar-refractivity contribution >= 4 is 17.6 Å². The van der Waals surface area contributed by atoms with Crippen LogP contribution in [0.15, 0.2) is 42.5 Å². The lowest BCUT2D eigenvalue weighted by Gasteiger charge is -2.36. The molecule has 0 saturated carbocycles. The maximum absolute atomic E-state index is 14.7. The molecule has 1 aliphatic heterocycles. The predicted octanol–water partition coefficient (Wildman–Crippen LogP) is 4.87. The van der Waals surface area contributed by atoms with Gasteiger partial charge in [-0.25, -0.2) is 9.18 Å². The van der Waals surface area contributed by atoms with Crippen molar-refractivity contribution in [3.8, 4) is 5.75 Å². The van der Waals surface area contributed by atoms with Gasteiger partial charge in [-0.3, -0.25) is 4.79 Å². The minimum atomic E-state index is -1.06. The van der Waals surface area contributed by atoms with Gasteiger partial charge in [0.1, 0.15) is 17.1 Å². The molecule has 6 nitrogen and oxygen atoms in total. The van der Waals surface area contributed by atoms with E-state index in [0.29, 0.717) is 43.1 Å². The van der Waals surface area contributed by atoms with Gasteiger partial charge in [-0.2, -0.15) is 0 Å². The molecule has 2 aromatic rings. The van der Waals surface area contributed by atoms with Gasteiger partial charge in [-0.15, -0.1) is 0 Å². The van der Waals surface area contributed by atoms with Crippen molar-refractivity contribution in [3.05, 3.63) is 59.4 Å². The fourth-order valence-electron chi connectivity index (χ4n) is 3.82. The van der Waals surface area contributed by atoms with Crippen molar-refractivity contribution in [2.75, 3.05) is 25.1 Å². The van der Waals surface area contributed by atoms with Crippen LogP contribution in [-0.4, -0.2) is 37.8 Å². The molecule has 2 aromatic carbocycles. The van der Waals surface area contributed by atoms with Gasteiger partial charge in [0.05, 0.1) is 18.1 Å². The van der Waals surface area contributed by atoms with E-state index in [1.165, 1.54) is 6.07 Å². The highest BCUT2D eigenvalue weighted by Gasteiger charge is 2.43. The molecule has 1 saturated heterocycles. The van der Waals surface area contributed by atoms with Crippen LogP contribution in [0.3, 0.4) is 0 Å². The number of rotatable bonds is 8. The quantitative estimate of drug-likeness (QED) is 0.590. The summed E-state index contributed by atoms with van der Waals surface area (Å²) in [5.74, 6) is -0.896. The Bertz CT molecular complexity index is 955. The molecule has 0 spiro atoms. The molecule has 0 aliphatic carbocycles. The van der Waals surface area contributed by atoms with Gasteiger partial charge in [-0.1, -0.05) is 25.1 Å². The second-order valence-electron chi connectivity index (χ2n) is 7.90. The number of benzene rings is 2. The monoisotopic (exact) mass is 443 g/mol. The molecule has 1 amide bonds. The van der Waals surface area contributed by atoms with E-state index >= 15 is 0 Å². The SMILES string of the molecule is CCOC(=O)c1cc(NC(=O)C2(c3ccccc3F)CCOCC2)ccc1OC(C)CC. The van der Waals surface area contributed by atoms with Gasteiger partial charge in [-0.05, 0) is 57.4 Å². The van der Waals surface area contributed by atoms with Crippen LogP contribution in [0, 0.1) is 5.82 Å². The molecule has 1 unspecified atom stereocenters. The van der Waals surface area contributed by atoms with Gasteiger partial charge < -0.3 is 19.5 Å². The van der Waals surface area contributed by atoms with E-state index < -0.39 is 17.2 Å². The Balaban J connectivity index is 1.93. The highest BCUT2D eigenvalue weighted by Crippen LogP contribution is 2.38. The molecule has 0 aromatic heterocycles. The molecule has 0 bridgehead atoms. The topological polar surface area (TPSA) is 73.9 Å². The first-order valence-corrected chi connectivity index (χ1v) is 11.0. The van der Waals surface area contributed by atoms with Gasteiger partial charge in [0.2, 0.25) is 5.91 Å². The molecule has 172 valence electrons. The van der Waals surface area contributed by atoms with Gasteiger partial charge >= 0.3 is 5.97 Å². The third kappa shape index (κ3) is 5.10. The lowest BCUT2D eigenvalue weighted by molar-refractivity contribution is -0.125. The van der Waals surface area contributed by atoms with Crippen LogP contribution in [0.25, 0.3) is 0 Å². The summed E-state index contributed by atoms with van der Waals surface area (Å²) in [5.41, 5.74) is -0.0590. The maximum Gasteiger partial charge on any atom is 0.341 e. The van der Waals surface area contributed by atoms with Crippen LogP contribution in [0.1, 0.15) is 56.0 Å². The zero-order valence-electron chi connectivity index (χ0n) is 18.8. The molecule has 3 rings (SSSR count). The second kappa shape index (κ2) is 10.6. The fraction of sp³-hybridized carbons (Fsp3) is 0.440. The zero-order valence-corrected chi connectivity index (χ0v) is 18.8. The summed E-state index contributed by atoms with van der Waals surface area (Å²) in [5, 5.41) is 2.89. The number of anilines is 1. The summed E-state index contributed by atoms with van der Waals surface area (Å²) in [7, 11) is 0. The Morgan fingerprint density at radius 3 is 2.53 bits per heavy atom. The van der Waals surface area contributed by atoms with Crippen LogP contribution in [0.5, 0.6) is 5.75 Å². The Morgan fingerprint density at radius 1 is 1.16 bits per heavy atom. The zero-order chi connectivity index (χ0) is 23.1. The standard InChI is InChI=1S/C25H30FNO5/c1-4-17(3)32-22-11-10-18(16-19(22)23(28)31-5-2)27-24(29)25(12-14-30-15-13-25)20-8-6-7-9-21(20)26/h6-11,16-17H,4-5,12-15H2,1-3H3,(H,27,29). The number of nitrogens with one attached hydrogen (secondary N) is 1. The van der Waals surface area contributed by atoms with E-state index in [1.807, 2.05) is 13.8 Å². The lowest BCUT2D eigenvalue weighted by atomic mass is 9.73. The number of ether oxygens (including phenoxy) is 3. The first-order valence-electron chi connectivity index (χ1n) is 11.0. The number of esters is 1. The second-order valence-corrected chi connectivity index (χ2v) is 7.90. The molecule has 0 radical (unpaired) electrons. The van der Waals surface area contributed by atoms with E-state index in [4.69, 9.17) is 14.2 Å². The first-order chi connectivity index (χ1) is 15.4. The van der Waals surface area contributed by atoms with E-state index in [9.17, 15) is 14.0 Å². The number of carbonyl (C=O) groups is 2. The summed E-state index contributed by atoms with van der Waals surface area (Å²) in [6.45, 7) is 6.55. The number of amides is 1. The minimum absolute atomic E-state index is 0.0878.